The van der Waals surface area contributed by atoms with Gasteiger partial charge in [-0.05, 0) is 12.1 Å². The van der Waals surface area contributed by atoms with Crippen molar-refractivity contribution in [1.82, 2.24) is 14.7 Å². The van der Waals surface area contributed by atoms with Crippen molar-refractivity contribution in [3.05, 3.63) is 34.3 Å². The number of benzene rings is 1. The second-order valence-electron chi connectivity index (χ2n) is 6.06. The molecule has 8 heteroatoms. The van der Waals surface area contributed by atoms with Crippen molar-refractivity contribution in [2.45, 2.75) is 13.3 Å². The molecule has 3 rings (SSSR count). The van der Waals surface area contributed by atoms with E-state index in [4.69, 9.17) is 11.6 Å². The molecule has 0 spiro atoms. The lowest BCUT2D eigenvalue weighted by atomic mass is 10.1. The van der Waals surface area contributed by atoms with Crippen molar-refractivity contribution in [3.63, 3.8) is 0 Å². The Labute approximate surface area is 150 Å². The normalized spacial score (nSPS) is 17.1. The summed E-state index contributed by atoms with van der Waals surface area (Å²) < 4.78 is 0. The van der Waals surface area contributed by atoms with Crippen LogP contribution >= 0.6 is 11.6 Å². The Bertz CT molecular complexity index is 756. The number of halogens is 1. The molecular formula is C17H18ClN3O4. The fraction of sp³-hybridized carbons (Fsp3) is 0.412. The monoisotopic (exact) mass is 363 g/mol. The maximum absolute atomic E-state index is 12.4. The van der Waals surface area contributed by atoms with E-state index in [2.05, 4.69) is 0 Å². The van der Waals surface area contributed by atoms with Gasteiger partial charge in [-0.25, -0.2) is 0 Å². The zero-order valence-electron chi connectivity index (χ0n) is 13.8. The minimum absolute atomic E-state index is 0.00463. The molecule has 0 aliphatic carbocycles. The molecule has 2 heterocycles. The Morgan fingerprint density at radius 2 is 1.68 bits per heavy atom. The highest BCUT2D eigenvalue weighted by atomic mass is 35.5. The highest BCUT2D eigenvalue weighted by molar-refractivity contribution is 6.37. The van der Waals surface area contributed by atoms with Crippen LogP contribution in [0.4, 0.5) is 0 Å². The average molecular weight is 364 g/mol. The first-order chi connectivity index (χ1) is 11.9. The van der Waals surface area contributed by atoms with E-state index in [9.17, 15) is 19.2 Å². The van der Waals surface area contributed by atoms with E-state index < -0.39 is 11.8 Å². The van der Waals surface area contributed by atoms with Crippen LogP contribution in [0.3, 0.4) is 0 Å². The highest BCUT2D eigenvalue weighted by Gasteiger charge is 2.37. The molecule has 1 fully saturated rings. The standard InChI is InChI=1S/C17H18ClN3O4/c1-11(22)19-7-9-20(10-8-19)14(23)5-6-21-16(24)12-3-2-4-13(18)15(12)17(21)25/h2-4H,5-10H2,1H3. The van der Waals surface area contributed by atoms with Gasteiger partial charge in [0.25, 0.3) is 11.8 Å². The van der Waals surface area contributed by atoms with E-state index in [1.165, 1.54) is 6.92 Å². The Balaban J connectivity index is 1.59. The quantitative estimate of drug-likeness (QED) is 0.751. The van der Waals surface area contributed by atoms with Crippen molar-refractivity contribution in [1.29, 1.82) is 0 Å². The molecule has 132 valence electrons. The minimum Gasteiger partial charge on any atom is -0.339 e. The van der Waals surface area contributed by atoms with Crippen LogP contribution in [0.5, 0.6) is 0 Å². The summed E-state index contributed by atoms with van der Waals surface area (Å²) in [5, 5.41) is 0.241. The first kappa shape index (κ1) is 17.4. The van der Waals surface area contributed by atoms with Gasteiger partial charge in [-0.2, -0.15) is 0 Å². The lowest BCUT2D eigenvalue weighted by molar-refractivity contribution is -0.138. The number of hydrogen-bond donors (Lipinski definition) is 0. The van der Waals surface area contributed by atoms with Crippen LogP contribution in [0.1, 0.15) is 34.1 Å². The summed E-state index contributed by atoms with van der Waals surface area (Å²) >= 11 is 6.01. The first-order valence-electron chi connectivity index (χ1n) is 8.08. The van der Waals surface area contributed by atoms with E-state index in [0.29, 0.717) is 26.2 Å². The van der Waals surface area contributed by atoms with Gasteiger partial charge in [-0.15, -0.1) is 0 Å². The minimum atomic E-state index is -0.459. The number of imide groups is 1. The molecule has 1 aromatic rings. The fourth-order valence-corrected chi connectivity index (χ4v) is 3.39. The van der Waals surface area contributed by atoms with Crippen LogP contribution in [-0.2, 0) is 9.59 Å². The maximum atomic E-state index is 12.4. The molecule has 25 heavy (non-hydrogen) atoms. The topological polar surface area (TPSA) is 78.0 Å². The number of fused-ring (bicyclic) bond motifs is 1. The van der Waals surface area contributed by atoms with Crippen molar-refractivity contribution in [2.24, 2.45) is 0 Å². The Kier molecular flexibility index (Phi) is 4.76. The first-order valence-corrected chi connectivity index (χ1v) is 8.46. The summed E-state index contributed by atoms with van der Waals surface area (Å²) in [5.41, 5.74) is 0.483. The van der Waals surface area contributed by atoms with Gasteiger partial charge in [-0.3, -0.25) is 24.1 Å². The zero-order valence-corrected chi connectivity index (χ0v) is 14.6. The van der Waals surface area contributed by atoms with Crippen LogP contribution in [0.15, 0.2) is 18.2 Å². The van der Waals surface area contributed by atoms with Gasteiger partial charge in [0.05, 0.1) is 16.1 Å². The van der Waals surface area contributed by atoms with Crippen molar-refractivity contribution < 1.29 is 19.2 Å². The second-order valence-corrected chi connectivity index (χ2v) is 6.47. The molecule has 2 aliphatic rings. The van der Waals surface area contributed by atoms with Crippen molar-refractivity contribution in [3.8, 4) is 0 Å². The molecule has 0 bridgehead atoms. The van der Waals surface area contributed by atoms with Crippen molar-refractivity contribution in [2.75, 3.05) is 32.7 Å². The Morgan fingerprint density at radius 3 is 2.28 bits per heavy atom. The van der Waals surface area contributed by atoms with Crippen LogP contribution in [-0.4, -0.2) is 71.1 Å². The molecule has 0 unspecified atom stereocenters. The number of nitrogens with zero attached hydrogens (tertiary/aromatic N) is 3. The predicted octanol–water partition coefficient (Wildman–Crippen LogP) is 1.02. The van der Waals surface area contributed by atoms with Gasteiger partial charge in [-0.1, -0.05) is 17.7 Å². The third kappa shape index (κ3) is 3.24. The Morgan fingerprint density at radius 1 is 1.04 bits per heavy atom. The summed E-state index contributed by atoms with van der Waals surface area (Å²) in [7, 11) is 0. The smallest absolute Gasteiger partial charge is 0.263 e. The van der Waals surface area contributed by atoms with Gasteiger partial charge in [0.1, 0.15) is 0 Å². The number of carbonyl (C=O) groups is 4. The van der Waals surface area contributed by atoms with Crippen LogP contribution in [0, 0.1) is 0 Å². The van der Waals surface area contributed by atoms with Gasteiger partial charge in [0, 0.05) is 46.1 Å². The summed E-state index contributed by atoms with van der Waals surface area (Å²) in [6, 6.07) is 4.74. The predicted molar refractivity (Wildman–Crippen MR) is 90.3 cm³/mol. The molecule has 2 aliphatic heterocycles. The highest BCUT2D eigenvalue weighted by Crippen LogP contribution is 2.29. The van der Waals surface area contributed by atoms with Crippen LogP contribution in [0.2, 0.25) is 5.02 Å². The number of rotatable bonds is 3. The van der Waals surface area contributed by atoms with E-state index in [1.807, 2.05) is 0 Å². The number of piperazine rings is 1. The SMILES string of the molecule is CC(=O)N1CCN(C(=O)CCN2C(=O)c3cccc(Cl)c3C2=O)CC1. The fourth-order valence-electron chi connectivity index (χ4n) is 3.13. The molecule has 4 amide bonds. The molecule has 1 aromatic carbocycles. The number of hydrogen-bond acceptors (Lipinski definition) is 4. The van der Waals surface area contributed by atoms with Crippen molar-refractivity contribution >= 4 is 35.2 Å². The summed E-state index contributed by atoms with van der Waals surface area (Å²) in [4.78, 5) is 52.8. The van der Waals surface area contributed by atoms with E-state index >= 15 is 0 Å². The molecule has 0 radical (unpaired) electrons. The molecule has 0 aromatic heterocycles. The van der Waals surface area contributed by atoms with Gasteiger partial charge in [0.15, 0.2) is 0 Å². The molecule has 7 nitrogen and oxygen atoms in total. The van der Waals surface area contributed by atoms with E-state index in [0.717, 1.165) is 4.90 Å². The largest absolute Gasteiger partial charge is 0.339 e. The molecule has 0 N–H and O–H groups in total. The second kappa shape index (κ2) is 6.84. The molecular weight excluding hydrogens is 346 g/mol. The van der Waals surface area contributed by atoms with E-state index in [1.54, 1.807) is 28.0 Å². The van der Waals surface area contributed by atoms with Crippen LogP contribution < -0.4 is 0 Å². The summed E-state index contributed by atoms with van der Waals surface area (Å²) in [6.07, 6.45) is 0.0587. The molecule has 0 atom stereocenters. The zero-order chi connectivity index (χ0) is 18.1. The summed E-state index contributed by atoms with van der Waals surface area (Å²) in [6.45, 7) is 3.46. The van der Waals surface area contributed by atoms with E-state index in [-0.39, 0.29) is 40.9 Å². The van der Waals surface area contributed by atoms with Gasteiger partial charge < -0.3 is 9.80 Å². The lowest BCUT2D eigenvalue weighted by Gasteiger charge is -2.34. The molecule has 1 saturated heterocycles. The Hall–Kier alpha value is -2.41. The third-order valence-corrected chi connectivity index (χ3v) is 4.89. The number of amides is 4. The van der Waals surface area contributed by atoms with Gasteiger partial charge in [0.2, 0.25) is 11.8 Å². The third-order valence-electron chi connectivity index (χ3n) is 4.58. The molecule has 0 saturated carbocycles. The maximum Gasteiger partial charge on any atom is 0.263 e. The van der Waals surface area contributed by atoms with Crippen LogP contribution in [0.25, 0.3) is 0 Å². The van der Waals surface area contributed by atoms with Gasteiger partial charge >= 0.3 is 0 Å². The lowest BCUT2D eigenvalue weighted by Crippen LogP contribution is -2.50. The number of carbonyl (C=O) groups excluding carboxylic acids is 4. The summed E-state index contributed by atoms with van der Waals surface area (Å²) in [5.74, 6) is -1.02. The average Bonchev–Trinajstić information content (AvgIpc) is 2.85.